The van der Waals surface area contributed by atoms with E-state index in [9.17, 15) is 5.11 Å². The predicted octanol–water partition coefficient (Wildman–Crippen LogP) is 3.74. The highest BCUT2D eigenvalue weighted by molar-refractivity contribution is 5.86. The number of aryl methyl sites for hydroxylation is 1. The lowest BCUT2D eigenvalue weighted by Crippen LogP contribution is -2.11. The summed E-state index contributed by atoms with van der Waals surface area (Å²) in [5.41, 5.74) is 2.97. The molecule has 0 atom stereocenters. The first-order valence-electron chi connectivity index (χ1n) is 5.11. The number of phenols is 1. The molecule has 0 saturated heterocycles. The van der Waals surface area contributed by atoms with Crippen LogP contribution >= 0.6 is 0 Å². The Morgan fingerprint density at radius 3 is 2.47 bits per heavy atom. The third-order valence-electron chi connectivity index (χ3n) is 2.66. The molecule has 0 aliphatic rings. The molecule has 2 rings (SSSR count). The van der Waals surface area contributed by atoms with Gasteiger partial charge in [0.1, 0.15) is 11.3 Å². The summed E-state index contributed by atoms with van der Waals surface area (Å²) >= 11 is 0. The highest BCUT2D eigenvalue weighted by Gasteiger charge is 2.20. The summed E-state index contributed by atoms with van der Waals surface area (Å²) in [7, 11) is 0. The van der Waals surface area contributed by atoms with Crippen molar-refractivity contribution in [3.05, 3.63) is 29.5 Å². The molecule has 0 aliphatic carbocycles. The summed E-state index contributed by atoms with van der Waals surface area (Å²) < 4.78 is 5.55. The van der Waals surface area contributed by atoms with Gasteiger partial charge in [-0.05, 0) is 30.0 Å². The fourth-order valence-electron chi connectivity index (χ4n) is 1.80. The Labute approximate surface area is 89.5 Å². The minimum absolute atomic E-state index is 0.0265. The van der Waals surface area contributed by atoms with E-state index in [1.54, 1.807) is 18.4 Å². The number of hydrogen-bond donors (Lipinski definition) is 1. The molecule has 1 heterocycles. The molecule has 1 N–H and O–H groups in total. The minimum Gasteiger partial charge on any atom is -0.508 e. The molecule has 2 heteroatoms. The lowest BCUT2D eigenvalue weighted by atomic mass is 9.85. The molecular formula is C13H16O2. The van der Waals surface area contributed by atoms with Crippen molar-refractivity contribution in [1.29, 1.82) is 0 Å². The van der Waals surface area contributed by atoms with Crippen LogP contribution in [0.3, 0.4) is 0 Å². The molecular weight excluding hydrogens is 188 g/mol. The molecule has 0 aliphatic heterocycles. The Morgan fingerprint density at radius 2 is 1.87 bits per heavy atom. The highest BCUT2D eigenvalue weighted by atomic mass is 16.3. The zero-order valence-corrected chi connectivity index (χ0v) is 9.59. The van der Waals surface area contributed by atoms with Gasteiger partial charge >= 0.3 is 0 Å². The van der Waals surface area contributed by atoms with E-state index < -0.39 is 0 Å². The van der Waals surface area contributed by atoms with Gasteiger partial charge in [0.2, 0.25) is 0 Å². The Morgan fingerprint density at radius 1 is 1.20 bits per heavy atom. The van der Waals surface area contributed by atoms with E-state index >= 15 is 0 Å². The van der Waals surface area contributed by atoms with Gasteiger partial charge in [-0.1, -0.05) is 20.8 Å². The van der Waals surface area contributed by atoms with Crippen molar-refractivity contribution in [2.75, 3.05) is 0 Å². The number of aromatic hydroxyl groups is 1. The standard InChI is InChI=1S/C13H16O2/c1-8-7-15-12-10(8)5-9(14)6-11(12)13(2,3)4/h5-7,14H,1-4H3. The topological polar surface area (TPSA) is 33.4 Å². The fourth-order valence-corrected chi connectivity index (χ4v) is 1.80. The van der Waals surface area contributed by atoms with Crippen molar-refractivity contribution in [2.45, 2.75) is 33.1 Å². The lowest BCUT2D eigenvalue weighted by Gasteiger charge is -2.19. The first-order valence-corrected chi connectivity index (χ1v) is 5.11. The normalized spacial score (nSPS) is 12.3. The number of benzene rings is 1. The second-order valence-electron chi connectivity index (χ2n) is 5.04. The number of rotatable bonds is 0. The SMILES string of the molecule is Cc1coc2c(C(C)(C)C)cc(O)cc12. The van der Waals surface area contributed by atoms with Crippen molar-refractivity contribution in [3.8, 4) is 5.75 Å². The first kappa shape index (κ1) is 10.1. The van der Waals surface area contributed by atoms with Crippen molar-refractivity contribution in [3.63, 3.8) is 0 Å². The molecule has 0 spiro atoms. The van der Waals surface area contributed by atoms with Gasteiger partial charge in [0.25, 0.3) is 0 Å². The van der Waals surface area contributed by atoms with E-state index in [0.717, 1.165) is 22.1 Å². The maximum atomic E-state index is 9.68. The zero-order valence-electron chi connectivity index (χ0n) is 9.59. The van der Waals surface area contributed by atoms with Crippen molar-refractivity contribution >= 4 is 11.0 Å². The van der Waals surface area contributed by atoms with Gasteiger partial charge < -0.3 is 9.52 Å². The quantitative estimate of drug-likeness (QED) is 0.709. The smallest absolute Gasteiger partial charge is 0.138 e. The third-order valence-corrected chi connectivity index (χ3v) is 2.66. The van der Waals surface area contributed by atoms with Crippen LogP contribution in [-0.2, 0) is 5.41 Å². The van der Waals surface area contributed by atoms with E-state index in [1.807, 2.05) is 6.92 Å². The maximum absolute atomic E-state index is 9.68. The van der Waals surface area contributed by atoms with Gasteiger partial charge in [-0.15, -0.1) is 0 Å². The average Bonchev–Trinajstić information content (AvgIpc) is 2.45. The predicted molar refractivity (Wildman–Crippen MR) is 61.3 cm³/mol. The summed E-state index contributed by atoms with van der Waals surface area (Å²) in [4.78, 5) is 0. The monoisotopic (exact) mass is 204 g/mol. The van der Waals surface area contributed by atoms with Crippen LogP contribution in [-0.4, -0.2) is 5.11 Å². The molecule has 1 aromatic carbocycles. The third kappa shape index (κ3) is 1.60. The van der Waals surface area contributed by atoms with Crippen LogP contribution in [0.25, 0.3) is 11.0 Å². The largest absolute Gasteiger partial charge is 0.508 e. The number of furan rings is 1. The number of fused-ring (bicyclic) bond motifs is 1. The van der Waals surface area contributed by atoms with Crippen LogP contribution in [0.2, 0.25) is 0 Å². The van der Waals surface area contributed by atoms with E-state index in [2.05, 4.69) is 20.8 Å². The van der Waals surface area contributed by atoms with Gasteiger partial charge in [-0.3, -0.25) is 0 Å². The first-order chi connectivity index (χ1) is 6.89. The van der Waals surface area contributed by atoms with Crippen LogP contribution in [0.1, 0.15) is 31.9 Å². The van der Waals surface area contributed by atoms with Gasteiger partial charge in [0.15, 0.2) is 0 Å². The zero-order chi connectivity index (χ0) is 11.2. The van der Waals surface area contributed by atoms with Crippen molar-refractivity contribution in [2.24, 2.45) is 0 Å². The van der Waals surface area contributed by atoms with Crippen LogP contribution in [0.4, 0.5) is 0 Å². The molecule has 80 valence electrons. The molecule has 0 radical (unpaired) electrons. The van der Waals surface area contributed by atoms with Gasteiger partial charge in [-0.25, -0.2) is 0 Å². The summed E-state index contributed by atoms with van der Waals surface area (Å²) in [5, 5.41) is 10.7. The summed E-state index contributed by atoms with van der Waals surface area (Å²) in [6.07, 6.45) is 1.74. The second kappa shape index (κ2) is 3.02. The molecule has 0 saturated carbocycles. The van der Waals surface area contributed by atoms with Gasteiger partial charge in [0, 0.05) is 10.9 Å². The molecule has 2 nitrogen and oxygen atoms in total. The highest BCUT2D eigenvalue weighted by Crippen LogP contribution is 2.35. The molecule has 0 amide bonds. The average molecular weight is 204 g/mol. The van der Waals surface area contributed by atoms with E-state index in [0.29, 0.717) is 5.75 Å². The summed E-state index contributed by atoms with van der Waals surface area (Å²) in [5.74, 6) is 0.303. The molecule has 1 aromatic heterocycles. The van der Waals surface area contributed by atoms with Crippen LogP contribution < -0.4 is 0 Å². The maximum Gasteiger partial charge on any atom is 0.138 e. The number of hydrogen-bond acceptors (Lipinski definition) is 2. The lowest BCUT2D eigenvalue weighted by molar-refractivity contribution is 0.471. The Balaban J connectivity index is 2.84. The molecule has 2 aromatic rings. The van der Waals surface area contributed by atoms with Crippen LogP contribution in [0.15, 0.2) is 22.8 Å². The Bertz CT molecular complexity index is 501. The Kier molecular flexibility index (Phi) is 2.03. The Hall–Kier alpha value is -1.44. The summed E-state index contributed by atoms with van der Waals surface area (Å²) in [6, 6.07) is 3.54. The van der Waals surface area contributed by atoms with E-state index in [-0.39, 0.29) is 5.41 Å². The molecule has 0 bridgehead atoms. The molecule has 0 unspecified atom stereocenters. The minimum atomic E-state index is -0.0265. The van der Waals surface area contributed by atoms with Crippen molar-refractivity contribution < 1.29 is 9.52 Å². The number of phenolic OH excluding ortho intramolecular Hbond substituents is 1. The second-order valence-corrected chi connectivity index (χ2v) is 5.04. The fraction of sp³-hybridized carbons (Fsp3) is 0.385. The van der Waals surface area contributed by atoms with Crippen LogP contribution in [0.5, 0.6) is 5.75 Å². The van der Waals surface area contributed by atoms with E-state index in [1.165, 1.54) is 0 Å². The van der Waals surface area contributed by atoms with Crippen molar-refractivity contribution in [1.82, 2.24) is 0 Å². The van der Waals surface area contributed by atoms with Crippen LogP contribution in [0, 0.1) is 6.92 Å². The summed E-state index contributed by atoms with van der Waals surface area (Å²) in [6.45, 7) is 8.31. The van der Waals surface area contributed by atoms with Gasteiger partial charge in [-0.2, -0.15) is 0 Å². The van der Waals surface area contributed by atoms with Gasteiger partial charge in [0.05, 0.1) is 6.26 Å². The van der Waals surface area contributed by atoms with E-state index in [4.69, 9.17) is 4.42 Å². The molecule has 0 fully saturated rings. The molecule has 15 heavy (non-hydrogen) atoms.